The molecular weight excluding hydrogens is 311 g/mol. The minimum atomic E-state index is -1.52. The van der Waals surface area contributed by atoms with Crippen molar-refractivity contribution in [2.75, 3.05) is 0 Å². The average molecular weight is 319 g/mol. The number of benzene rings is 2. The first-order valence-corrected chi connectivity index (χ1v) is 6.39. The average Bonchev–Trinajstić information content (AvgIpc) is 2.47. The molecule has 116 valence electrons. The van der Waals surface area contributed by atoms with Gasteiger partial charge in [-0.15, -0.1) is 0 Å². The lowest BCUT2D eigenvalue weighted by Crippen LogP contribution is -2.03. The number of nitrogens with zero attached hydrogens (tertiary/aromatic N) is 1. The van der Waals surface area contributed by atoms with Crippen molar-refractivity contribution in [2.24, 2.45) is 0 Å². The maximum Gasteiger partial charge on any atom is 0.340 e. The predicted molar refractivity (Wildman–Crippen MR) is 75.7 cm³/mol. The molecule has 0 spiro atoms. The Morgan fingerprint density at radius 1 is 1.00 bits per heavy atom. The number of carboxylic acids is 1. The Labute approximate surface area is 127 Å². The van der Waals surface area contributed by atoms with Crippen LogP contribution in [0.15, 0.2) is 36.4 Å². The third kappa shape index (κ3) is 2.46. The van der Waals surface area contributed by atoms with Crippen LogP contribution in [0.25, 0.3) is 22.2 Å². The molecule has 0 saturated heterocycles. The summed E-state index contributed by atoms with van der Waals surface area (Å²) >= 11 is 0. The van der Waals surface area contributed by atoms with Crippen molar-refractivity contribution in [3.05, 3.63) is 59.4 Å². The van der Waals surface area contributed by atoms with E-state index < -0.39 is 34.7 Å². The number of carboxylic acid groups (broad SMARTS) is 1. The predicted octanol–water partition coefficient (Wildman–Crippen LogP) is 3.72. The van der Waals surface area contributed by atoms with E-state index in [4.69, 9.17) is 0 Å². The number of fused-ring (bicyclic) bond motifs is 1. The van der Waals surface area contributed by atoms with Gasteiger partial charge in [-0.25, -0.2) is 22.9 Å². The Bertz CT molecular complexity index is 957. The molecule has 0 atom stereocenters. The lowest BCUT2D eigenvalue weighted by molar-refractivity contribution is 0.0696. The van der Waals surface area contributed by atoms with Crippen molar-refractivity contribution >= 4 is 16.9 Å². The van der Waals surface area contributed by atoms with Crippen molar-refractivity contribution in [1.82, 2.24) is 4.98 Å². The first-order valence-electron chi connectivity index (χ1n) is 6.39. The van der Waals surface area contributed by atoms with Crippen LogP contribution in [0.5, 0.6) is 5.75 Å². The molecule has 0 radical (unpaired) electrons. The minimum Gasteiger partial charge on any atom is -0.505 e. The van der Waals surface area contributed by atoms with Crippen LogP contribution in [-0.4, -0.2) is 21.2 Å². The third-order valence-corrected chi connectivity index (χ3v) is 3.32. The van der Waals surface area contributed by atoms with Gasteiger partial charge in [-0.1, -0.05) is 0 Å². The summed E-state index contributed by atoms with van der Waals surface area (Å²) in [6.45, 7) is 0. The van der Waals surface area contributed by atoms with Gasteiger partial charge in [-0.05, 0) is 30.3 Å². The molecule has 3 rings (SSSR count). The van der Waals surface area contributed by atoms with Gasteiger partial charge in [-0.3, -0.25) is 0 Å². The van der Waals surface area contributed by atoms with Gasteiger partial charge in [-0.2, -0.15) is 0 Å². The SMILES string of the molecule is O=C(O)c1c(O)c(-c2ccc(F)cc2F)nc2ccc(F)cc12. The Morgan fingerprint density at radius 2 is 1.65 bits per heavy atom. The highest BCUT2D eigenvalue weighted by Crippen LogP contribution is 2.36. The van der Waals surface area contributed by atoms with E-state index in [-0.39, 0.29) is 22.2 Å². The lowest BCUT2D eigenvalue weighted by atomic mass is 10.0. The Kier molecular flexibility index (Phi) is 3.40. The second-order valence-corrected chi connectivity index (χ2v) is 4.77. The van der Waals surface area contributed by atoms with Gasteiger partial charge in [0.25, 0.3) is 0 Å². The number of halogens is 3. The summed E-state index contributed by atoms with van der Waals surface area (Å²) in [5, 5.41) is 19.3. The summed E-state index contributed by atoms with van der Waals surface area (Å²) < 4.78 is 40.3. The van der Waals surface area contributed by atoms with Gasteiger partial charge in [0.15, 0.2) is 5.75 Å². The molecule has 0 aliphatic carbocycles. The minimum absolute atomic E-state index is 0.0559. The number of pyridine rings is 1. The van der Waals surface area contributed by atoms with Crippen LogP contribution >= 0.6 is 0 Å². The molecule has 23 heavy (non-hydrogen) atoms. The molecule has 0 amide bonds. The molecule has 0 aliphatic rings. The first kappa shape index (κ1) is 14.8. The van der Waals surface area contributed by atoms with Crippen molar-refractivity contribution < 1.29 is 28.2 Å². The number of hydrogen-bond acceptors (Lipinski definition) is 3. The van der Waals surface area contributed by atoms with Gasteiger partial charge in [0, 0.05) is 17.0 Å². The summed E-state index contributed by atoms with van der Waals surface area (Å²) in [6, 6.07) is 5.76. The highest BCUT2D eigenvalue weighted by Gasteiger charge is 2.23. The molecule has 7 heteroatoms. The third-order valence-electron chi connectivity index (χ3n) is 3.32. The Morgan fingerprint density at radius 3 is 2.30 bits per heavy atom. The molecule has 0 aliphatic heterocycles. The van der Waals surface area contributed by atoms with E-state index in [1.54, 1.807) is 0 Å². The van der Waals surface area contributed by atoms with E-state index in [0.29, 0.717) is 6.07 Å². The molecule has 2 N–H and O–H groups in total. The fourth-order valence-corrected chi connectivity index (χ4v) is 2.31. The van der Waals surface area contributed by atoms with Gasteiger partial charge in [0.05, 0.1) is 5.52 Å². The monoisotopic (exact) mass is 319 g/mol. The van der Waals surface area contributed by atoms with Gasteiger partial charge in [0.2, 0.25) is 0 Å². The Hall–Kier alpha value is -3.09. The number of carbonyl (C=O) groups is 1. The molecule has 1 aromatic heterocycles. The maximum absolute atomic E-state index is 13.9. The Balaban J connectivity index is 2.41. The van der Waals surface area contributed by atoms with Crippen LogP contribution in [0.1, 0.15) is 10.4 Å². The number of rotatable bonds is 2. The largest absolute Gasteiger partial charge is 0.505 e. The van der Waals surface area contributed by atoms with Crippen LogP contribution in [0, 0.1) is 17.5 Å². The van der Waals surface area contributed by atoms with Gasteiger partial charge in [0.1, 0.15) is 28.7 Å². The van der Waals surface area contributed by atoms with E-state index in [0.717, 1.165) is 24.3 Å². The highest BCUT2D eigenvalue weighted by atomic mass is 19.1. The fraction of sp³-hybridized carbons (Fsp3) is 0. The van der Waals surface area contributed by atoms with Crippen molar-refractivity contribution in [1.29, 1.82) is 0 Å². The van der Waals surface area contributed by atoms with E-state index in [9.17, 15) is 28.2 Å². The molecule has 0 unspecified atom stereocenters. The van der Waals surface area contributed by atoms with E-state index in [1.165, 1.54) is 6.07 Å². The topological polar surface area (TPSA) is 70.4 Å². The zero-order valence-corrected chi connectivity index (χ0v) is 11.3. The normalized spacial score (nSPS) is 10.9. The van der Waals surface area contributed by atoms with Crippen molar-refractivity contribution in [2.45, 2.75) is 0 Å². The van der Waals surface area contributed by atoms with Crippen LogP contribution < -0.4 is 0 Å². The van der Waals surface area contributed by atoms with Crippen molar-refractivity contribution in [3.63, 3.8) is 0 Å². The number of aromatic carboxylic acids is 1. The molecule has 1 heterocycles. The zero-order valence-electron chi connectivity index (χ0n) is 11.3. The summed E-state index contributed by atoms with van der Waals surface area (Å²) in [4.78, 5) is 15.4. The van der Waals surface area contributed by atoms with Crippen LogP contribution in [0.2, 0.25) is 0 Å². The molecular formula is C16H8F3NO3. The molecule has 0 saturated carbocycles. The summed E-state index contributed by atoms with van der Waals surface area (Å²) in [7, 11) is 0. The van der Waals surface area contributed by atoms with Crippen LogP contribution in [-0.2, 0) is 0 Å². The fourth-order valence-electron chi connectivity index (χ4n) is 2.31. The summed E-state index contributed by atoms with van der Waals surface area (Å²) in [5.41, 5.74) is -1.18. The first-order chi connectivity index (χ1) is 10.9. The number of hydrogen-bond donors (Lipinski definition) is 2. The lowest BCUT2D eigenvalue weighted by Gasteiger charge is -2.11. The molecule has 2 aromatic carbocycles. The smallest absolute Gasteiger partial charge is 0.340 e. The van der Waals surface area contributed by atoms with E-state index in [1.807, 2.05) is 0 Å². The van der Waals surface area contributed by atoms with Gasteiger partial charge >= 0.3 is 5.97 Å². The maximum atomic E-state index is 13.9. The molecule has 3 aromatic rings. The summed E-state index contributed by atoms with van der Waals surface area (Å²) in [5.74, 6) is -4.88. The molecule has 4 nitrogen and oxygen atoms in total. The molecule has 0 bridgehead atoms. The number of aromatic nitrogens is 1. The zero-order chi connectivity index (χ0) is 16.7. The van der Waals surface area contributed by atoms with Crippen LogP contribution in [0.3, 0.4) is 0 Å². The van der Waals surface area contributed by atoms with E-state index >= 15 is 0 Å². The standard InChI is InChI=1S/C16H8F3NO3/c17-7-2-4-12-10(5-7)13(16(22)23)15(21)14(20-12)9-3-1-8(18)6-11(9)19/h1-6,21H,(H,22,23). The second kappa shape index (κ2) is 5.28. The molecule has 0 fully saturated rings. The van der Waals surface area contributed by atoms with E-state index in [2.05, 4.69) is 4.98 Å². The second-order valence-electron chi connectivity index (χ2n) is 4.77. The summed E-state index contributed by atoms with van der Waals surface area (Å²) in [6.07, 6.45) is 0. The van der Waals surface area contributed by atoms with Crippen LogP contribution in [0.4, 0.5) is 13.2 Å². The number of aromatic hydroxyl groups is 1. The highest BCUT2D eigenvalue weighted by molar-refractivity contribution is 6.07. The quantitative estimate of drug-likeness (QED) is 0.755. The van der Waals surface area contributed by atoms with Crippen molar-refractivity contribution in [3.8, 4) is 17.0 Å². The van der Waals surface area contributed by atoms with Gasteiger partial charge < -0.3 is 10.2 Å².